The van der Waals surface area contributed by atoms with E-state index in [1.165, 1.54) is 0 Å². The molecule has 5 nitrogen and oxygen atoms in total. The number of aliphatic hydroxyl groups is 1. The van der Waals surface area contributed by atoms with Crippen molar-refractivity contribution in [1.29, 1.82) is 0 Å². The molecule has 1 aromatic heterocycles. The molecule has 28 heavy (non-hydrogen) atoms. The summed E-state index contributed by atoms with van der Waals surface area (Å²) in [4.78, 5) is 18.2. The molecular weight excluding hydrogens is 373 g/mol. The Balaban J connectivity index is 1.25. The van der Waals surface area contributed by atoms with Crippen LogP contribution in [-0.4, -0.2) is 45.7 Å². The van der Waals surface area contributed by atoms with Crippen LogP contribution >= 0.6 is 0 Å². The SMILES string of the molecule is C[C@]1(O)C[C@@H](C(=O)N2CC3(CCC(Oc4cc(C(F)(F)F)ccn4)CC3)C2)C1. The topological polar surface area (TPSA) is 62.7 Å². The Labute approximate surface area is 161 Å². The Kier molecular flexibility index (Phi) is 4.60. The van der Waals surface area contributed by atoms with Crippen molar-refractivity contribution in [1.82, 2.24) is 9.88 Å². The summed E-state index contributed by atoms with van der Waals surface area (Å²) in [6.07, 6.45) is 0.920. The summed E-state index contributed by atoms with van der Waals surface area (Å²) >= 11 is 0. The Bertz CT molecular complexity index is 741. The number of pyridine rings is 1. The fourth-order valence-corrected chi connectivity index (χ4v) is 4.81. The third-order valence-corrected chi connectivity index (χ3v) is 6.43. The minimum Gasteiger partial charge on any atom is -0.474 e. The standard InChI is InChI=1S/C20H25F3N2O3/c1-18(27)9-13(10-18)17(26)25-11-19(12-25)5-2-15(3-6-19)28-16-8-14(4-7-24-16)20(21,22)23/h4,7-8,13,15,27H,2-3,5-6,9-12H2,1H3/t13-,18+. The fourth-order valence-electron chi connectivity index (χ4n) is 4.81. The molecule has 0 atom stereocenters. The van der Waals surface area contributed by atoms with Gasteiger partial charge in [0.2, 0.25) is 11.8 Å². The second-order valence-electron chi connectivity index (χ2n) is 8.99. The zero-order valence-corrected chi connectivity index (χ0v) is 15.8. The van der Waals surface area contributed by atoms with Gasteiger partial charge in [0, 0.05) is 36.7 Å². The average Bonchev–Trinajstić information content (AvgIpc) is 2.57. The zero-order valence-electron chi connectivity index (χ0n) is 15.8. The molecule has 3 aliphatic rings. The van der Waals surface area contributed by atoms with Gasteiger partial charge in [0.1, 0.15) is 6.10 Å². The number of alkyl halides is 3. The Morgan fingerprint density at radius 3 is 2.50 bits per heavy atom. The van der Waals surface area contributed by atoms with E-state index in [0.717, 1.165) is 57.1 Å². The molecule has 8 heteroatoms. The van der Waals surface area contributed by atoms with Crippen LogP contribution in [0.4, 0.5) is 13.2 Å². The number of hydrogen-bond donors (Lipinski definition) is 1. The zero-order chi connectivity index (χ0) is 20.2. The van der Waals surface area contributed by atoms with Gasteiger partial charge in [0.25, 0.3) is 0 Å². The van der Waals surface area contributed by atoms with Crippen molar-refractivity contribution in [3.63, 3.8) is 0 Å². The highest BCUT2D eigenvalue weighted by atomic mass is 19.4. The van der Waals surface area contributed by atoms with Gasteiger partial charge in [-0.2, -0.15) is 13.2 Å². The van der Waals surface area contributed by atoms with E-state index in [0.29, 0.717) is 12.8 Å². The number of carbonyl (C=O) groups is 1. The summed E-state index contributed by atoms with van der Waals surface area (Å²) in [5.74, 6) is 0.0981. The highest BCUT2D eigenvalue weighted by Crippen LogP contribution is 2.47. The highest BCUT2D eigenvalue weighted by Gasteiger charge is 2.51. The van der Waals surface area contributed by atoms with Crippen molar-refractivity contribution in [2.75, 3.05) is 13.1 Å². The fraction of sp³-hybridized carbons (Fsp3) is 0.700. The maximum Gasteiger partial charge on any atom is 0.416 e. The summed E-state index contributed by atoms with van der Waals surface area (Å²) in [6.45, 7) is 3.23. The number of amides is 1. The third-order valence-electron chi connectivity index (χ3n) is 6.43. The van der Waals surface area contributed by atoms with Gasteiger partial charge >= 0.3 is 6.18 Å². The van der Waals surface area contributed by atoms with Crippen molar-refractivity contribution >= 4 is 5.91 Å². The van der Waals surface area contributed by atoms with E-state index in [1.54, 1.807) is 6.92 Å². The smallest absolute Gasteiger partial charge is 0.416 e. The minimum absolute atomic E-state index is 0.0122. The molecule has 4 rings (SSSR count). The summed E-state index contributed by atoms with van der Waals surface area (Å²) in [5.41, 5.74) is -1.34. The quantitative estimate of drug-likeness (QED) is 0.848. The van der Waals surface area contributed by atoms with E-state index in [4.69, 9.17) is 4.74 Å². The molecule has 1 aromatic rings. The number of ether oxygens (including phenoxy) is 1. The summed E-state index contributed by atoms with van der Waals surface area (Å²) in [5, 5.41) is 9.81. The predicted octanol–water partition coefficient (Wildman–Crippen LogP) is 3.41. The van der Waals surface area contributed by atoms with Crippen LogP contribution in [-0.2, 0) is 11.0 Å². The second-order valence-corrected chi connectivity index (χ2v) is 8.99. The van der Waals surface area contributed by atoms with Crippen molar-refractivity contribution in [2.24, 2.45) is 11.3 Å². The van der Waals surface area contributed by atoms with Gasteiger partial charge in [-0.1, -0.05) is 0 Å². The number of rotatable bonds is 3. The maximum atomic E-state index is 12.8. The molecule has 3 fully saturated rings. The number of aromatic nitrogens is 1. The Morgan fingerprint density at radius 2 is 1.93 bits per heavy atom. The van der Waals surface area contributed by atoms with Crippen molar-refractivity contribution < 1.29 is 27.8 Å². The molecule has 2 saturated carbocycles. The first kappa shape index (κ1) is 19.5. The molecule has 1 spiro atoms. The molecular formula is C20H25F3N2O3. The molecule has 0 radical (unpaired) electrons. The van der Waals surface area contributed by atoms with Gasteiger partial charge < -0.3 is 14.7 Å². The van der Waals surface area contributed by atoms with Crippen LogP contribution in [0, 0.1) is 11.3 Å². The van der Waals surface area contributed by atoms with Crippen LogP contribution in [0.2, 0.25) is 0 Å². The molecule has 1 amide bonds. The third kappa shape index (κ3) is 3.83. The number of nitrogens with zero attached hydrogens (tertiary/aromatic N) is 2. The Morgan fingerprint density at radius 1 is 1.29 bits per heavy atom. The number of hydrogen-bond acceptors (Lipinski definition) is 4. The van der Waals surface area contributed by atoms with Crippen molar-refractivity contribution in [3.8, 4) is 5.88 Å². The van der Waals surface area contributed by atoms with Crippen LogP contribution in [0.5, 0.6) is 5.88 Å². The van der Waals surface area contributed by atoms with E-state index in [1.807, 2.05) is 4.90 Å². The number of likely N-dealkylation sites (tertiary alicyclic amines) is 1. The van der Waals surface area contributed by atoms with Crippen LogP contribution in [0.25, 0.3) is 0 Å². The van der Waals surface area contributed by atoms with Gasteiger partial charge in [0.15, 0.2) is 0 Å². The lowest BCUT2D eigenvalue weighted by molar-refractivity contribution is -0.164. The minimum atomic E-state index is -4.41. The van der Waals surface area contributed by atoms with Crippen LogP contribution in [0.15, 0.2) is 18.3 Å². The molecule has 2 aliphatic carbocycles. The van der Waals surface area contributed by atoms with E-state index < -0.39 is 17.3 Å². The van der Waals surface area contributed by atoms with Crippen LogP contribution < -0.4 is 4.74 Å². The first-order valence-electron chi connectivity index (χ1n) is 9.76. The van der Waals surface area contributed by atoms with Crippen molar-refractivity contribution in [3.05, 3.63) is 23.9 Å². The highest BCUT2D eigenvalue weighted by molar-refractivity contribution is 5.81. The average molecular weight is 398 g/mol. The van der Waals surface area contributed by atoms with E-state index in [-0.39, 0.29) is 29.2 Å². The van der Waals surface area contributed by atoms with Gasteiger partial charge in [0.05, 0.1) is 11.2 Å². The molecule has 1 N–H and O–H groups in total. The Hall–Kier alpha value is -1.83. The first-order valence-corrected chi connectivity index (χ1v) is 9.76. The molecule has 0 unspecified atom stereocenters. The maximum absolute atomic E-state index is 12.8. The number of carbonyl (C=O) groups excluding carboxylic acids is 1. The lowest BCUT2D eigenvalue weighted by atomic mass is 9.66. The first-order chi connectivity index (χ1) is 13.1. The lowest BCUT2D eigenvalue weighted by Gasteiger charge is -2.55. The molecule has 0 bridgehead atoms. The summed E-state index contributed by atoms with van der Waals surface area (Å²) in [6, 6.07) is 1.88. The van der Waals surface area contributed by atoms with E-state index >= 15 is 0 Å². The molecule has 0 aromatic carbocycles. The normalized spacial score (nSPS) is 29.9. The van der Waals surface area contributed by atoms with Gasteiger partial charge in [-0.3, -0.25) is 4.79 Å². The van der Waals surface area contributed by atoms with Crippen molar-refractivity contribution in [2.45, 2.75) is 63.3 Å². The van der Waals surface area contributed by atoms with E-state index in [9.17, 15) is 23.1 Å². The predicted molar refractivity (Wildman–Crippen MR) is 94.5 cm³/mol. The van der Waals surface area contributed by atoms with Crippen LogP contribution in [0.1, 0.15) is 51.0 Å². The van der Waals surface area contributed by atoms with Gasteiger partial charge in [-0.05, 0) is 51.5 Å². The molecule has 154 valence electrons. The monoisotopic (exact) mass is 398 g/mol. The summed E-state index contributed by atoms with van der Waals surface area (Å²) < 4.78 is 44.1. The van der Waals surface area contributed by atoms with Crippen LogP contribution in [0.3, 0.4) is 0 Å². The molecule has 2 heterocycles. The van der Waals surface area contributed by atoms with Gasteiger partial charge in [-0.15, -0.1) is 0 Å². The largest absolute Gasteiger partial charge is 0.474 e. The second kappa shape index (κ2) is 6.61. The lowest BCUT2D eigenvalue weighted by Crippen LogP contribution is -2.63. The van der Waals surface area contributed by atoms with E-state index in [2.05, 4.69) is 4.98 Å². The summed E-state index contributed by atoms with van der Waals surface area (Å²) in [7, 11) is 0. The molecule has 1 aliphatic heterocycles. The molecule has 1 saturated heterocycles. The van der Waals surface area contributed by atoms with Gasteiger partial charge in [-0.25, -0.2) is 4.98 Å². The number of halogens is 3.